The first-order valence-electron chi connectivity index (χ1n) is 7.76. The van der Waals surface area contributed by atoms with Crippen LogP contribution in [0.15, 0.2) is 24.5 Å². The van der Waals surface area contributed by atoms with E-state index < -0.39 is 0 Å². The molecule has 2 fully saturated rings. The largest absolute Gasteiger partial charge is 0.314 e. The summed E-state index contributed by atoms with van der Waals surface area (Å²) in [6, 6.07) is 5.04. The summed E-state index contributed by atoms with van der Waals surface area (Å²) in [6.07, 6.45) is 10.5. The molecule has 0 aliphatic carbocycles. The molecule has 0 saturated carbocycles. The standard InChI is InChI=1S/C16H25N3/c1-3-14(13-17-8-1)5-10-19-11-6-15(7-12-19)16-4-2-9-18-16/h1,3,8,13,15-16,18H,2,4-7,9-12H2. The Morgan fingerprint density at radius 3 is 2.84 bits per heavy atom. The first kappa shape index (κ1) is 13.1. The molecule has 2 saturated heterocycles. The van der Waals surface area contributed by atoms with Crippen LogP contribution in [-0.4, -0.2) is 42.1 Å². The zero-order valence-corrected chi connectivity index (χ0v) is 11.7. The van der Waals surface area contributed by atoms with Crippen LogP contribution in [0, 0.1) is 5.92 Å². The maximum absolute atomic E-state index is 4.19. The van der Waals surface area contributed by atoms with Gasteiger partial charge in [0, 0.05) is 25.0 Å². The van der Waals surface area contributed by atoms with Gasteiger partial charge in [-0.05, 0) is 69.3 Å². The first-order chi connectivity index (χ1) is 9.42. The fourth-order valence-electron chi connectivity index (χ4n) is 3.53. The molecule has 104 valence electrons. The molecule has 1 aromatic heterocycles. The molecule has 1 aromatic rings. The first-order valence-corrected chi connectivity index (χ1v) is 7.76. The highest BCUT2D eigenvalue weighted by atomic mass is 15.1. The number of hydrogen-bond acceptors (Lipinski definition) is 3. The van der Waals surface area contributed by atoms with Gasteiger partial charge in [0.05, 0.1) is 0 Å². The van der Waals surface area contributed by atoms with Crippen LogP contribution in [-0.2, 0) is 6.42 Å². The predicted octanol–water partition coefficient (Wildman–Crippen LogP) is 2.09. The van der Waals surface area contributed by atoms with Gasteiger partial charge in [-0.25, -0.2) is 0 Å². The zero-order chi connectivity index (χ0) is 12.9. The Morgan fingerprint density at radius 1 is 1.26 bits per heavy atom. The molecule has 0 bridgehead atoms. The highest BCUT2D eigenvalue weighted by Crippen LogP contribution is 2.25. The second-order valence-corrected chi connectivity index (χ2v) is 5.99. The number of nitrogens with zero attached hydrogens (tertiary/aromatic N) is 2. The number of piperidine rings is 1. The third-order valence-corrected chi connectivity index (χ3v) is 4.74. The molecule has 2 aliphatic heterocycles. The molecule has 19 heavy (non-hydrogen) atoms. The lowest BCUT2D eigenvalue weighted by Gasteiger charge is -2.34. The molecule has 3 heteroatoms. The Balaban J connectivity index is 1.40. The normalized spacial score (nSPS) is 25.8. The Hall–Kier alpha value is -0.930. The highest BCUT2D eigenvalue weighted by Gasteiger charge is 2.27. The smallest absolute Gasteiger partial charge is 0.0300 e. The van der Waals surface area contributed by atoms with Gasteiger partial charge in [-0.3, -0.25) is 4.98 Å². The monoisotopic (exact) mass is 259 g/mol. The maximum atomic E-state index is 4.19. The second kappa shape index (κ2) is 6.49. The van der Waals surface area contributed by atoms with Crippen molar-refractivity contribution in [2.24, 2.45) is 5.92 Å². The zero-order valence-electron chi connectivity index (χ0n) is 11.7. The topological polar surface area (TPSA) is 28.2 Å². The minimum absolute atomic E-state index is 0.820. The average Bonchev–Trinajstić information content (AvgIpc) is 3.01. The van der Waals surface area contributed by atoms with Crippen molar-refractivity contribution in [1.29, 1.82) is 0 Å². The van der Waals surface area contributed by atoms with E-state index in [1.54, 1.807) is 0 Å². The number of hydrogen-bond donors (Lipinski definition) is 1. The van der Waals surface area contributed by atoms with E-state index in [2.05, 4.69) is 21.3 Å². The van der Waals surface area contributed by atoms with E-state index in [1.165, 1.54) is 57.4 Å². The summed E-state index contributed by atoms with van der Waals surface area (Å²) in [5.41, 5.74) is 1.36. The molecule has 3 heterocycles. The maximum Gasteiger partial charge on any atom is 0.0300 e. The summed E-state index contributed by atoms with van der Waals surface area (Å²) >= 11 is 0. The van der Waals surface area contributed by atoms with Crippen molar-refractivity contribution in [3.8, 4) is 0 Å². The number of pyridine rings is 1. The minimum Gasteiger partial charge on any atom is -0.314 e. The van der Waals surface area contributed by atoms with Gasteiger partial charge in [0.1, 0.15) is 0 Å². The van der Waals surface area contributed by atoms with Crippen molar-refractivity contribution >= 4 is 0 Å². The highest BCUT2D eigenvalue weighted by molar-refractivity contribution is 5.08. The van der Waals surface area contributed by atoms with E-state index in [0.29, 0.717) is 0 Å². The summed E-state index contributed by atoms with van der Waals surface area (Å²) in [6.45, 7) is 4.99. The van der Waals surface area contributed by atoms with E-state index in [0.717, 1.165) is 18.4 Å². The van der Waals surface area contributed by atoms with Gasteiger partial charge < -0.3 is 10.2 Å². The quantitative estimate of drug-likeness (QED) is 0.897. The lowest BCUT2D eigenvalue weighted by atomic mass is 9.88. The third-order valence-electron chi connectivity index (χ3n) is 4.74. The summed E-state index contributed by atoms with van der Waals surface area (Å²) < 4.78 is 0. The number of nitrogens with one attached hydrogen (secondary N) is 1. The van der Waals surface area contributed by atoms with Gasteiger partial charge in [-0.2, -0.15) is 0 Å². The van der Waals surface area contributed by atoms with E-state index in [1.807, 2.05) is 18.5 Å². The lowest BCUT2D eigenvalue weighted by molar-refractivity contribution is 0.165. The minimum atomic E-state index is 0.820. The molecule has 0 spiro atoms. The SMILES string of the molecule is c1cncc(CCN2CCC(C3CCCN3)CC2)c1. The van der Waals surface area contributed by atoms with Crippen LogP contribution < -0.4 is 5.32 Å². The van der Waals surface area contributed by atoms with Gasteiger partial charge in [0.15, 0.2) is 0 Å². The molecule has 3 nitrogen and oxygen atoms in total. The van der Waals surface area contributed by atoms with Crippen LogP contribution in [0.3, 0.4) is 0 Å². The van der Waals surface area contributed by atoms with Gasteiger partial charge in [-0.15, -0.1) is 0 Å². The van der Waals surface area contributed by atoms with E-state index in [-0.39, 0.29) is 0 Å². The molecule has 0 amide bonds. The Kier molecular flexibility index (Phi) is 4.46. The predicted molar refractivity (Wildman–Crippen MR) is 78.1 cm³/mol. The van der Waals surface area contributed by atoms with E-state index >= 15 is 0 Å². The summed E-state index contributed by atoms with van der Waals surface area (Å²) in [7, 11) is 0. The van der Waals surface area contributed by atoms with Crippen molar-refractivity contribution < 1.29 is 0 Å². The van der Waals surface area contributed by atoms with Crippen molar-refractivity contribution in [3.05, 3.63) is 30.1 Å². The van der Waals surface area contributed by atoms with Crippen LogP contribution in [0.25, 0.3) is 0 Å². The Labute approximate surface area is 116 Å². The lowest BCUT2D eigenvalue weighted by Crippen LogP contribution is -2.41. The molecule has 2 aliphatic rings. The number of likely N-dealkylation sites (tertiary alicyclic amines) is 1. The van der Waals surface area contributed by atoms with Gasteiger partial charge in [0.2, 0.25) is 0 Å². The van der Waals surface area contributed by atoms with Crippen LogP contribution in [0.1, 0.15) is 31.2 Å². The molecule has 0 radical (unpaired) electrons. The average molecular weight is 259 g/mol. The van der Waals surface area contributed by atoms with E-state index in [9.17, 15) is 0 Å². The summed E-state index contributed by atoms with van der Waals surface area (Å²) in [4.78, 5) is 6.81. The van der Waals surface area contributed by atoms with Crippen LogP contribution >= 0.6 is 0 Å². The molecular formula is C16H25N3. The van der Waals surface area contributed by atoms with E-state index in [4.69, 9.17) is 0 Å². The summed E-state index contributed by atoms with van der Waals surface area (Å²) in [5.74, 6) is 0.928. The van der Waals surface area contributed by atoms with Gasteiger partial charge in [0.25, 0.3) is 0 Å². The molecule has 1 atom stereocenters. The van der Waals surface area contributed by atoms with Crippen molar-refractivity contribution in [1.82, 2.24) is 15.2 Å². The fourth-order valence-corrected chi connectivity index (χ4v) is 3.53. The van der Waals surface area contributed by atoms with Gasteiger partial charge >= 0.3 is 0 Å². The fraction of sp³-hybridized carbons (Fsp3) is 0.688. The molecule has 0 aromatic carbocycles. The molecule has 1 unspecified atom stereocenters. The van der Waals surface area contributed by atoms with Crippen molar-refractivity contribution in [3.63, 3.8) is 0 Å². The Bertz CT molecular complexity index is 365. The van der Waals surface area contributed by atoms with Crippen molar-refractivity contribution in [2.75, 3.05) is 26.2 Å². The molecular weight excluding hydrogens is 234 g/mol. The van der Waals surface area contributed by atoms with Crippen LogP contribution in [0.2, 0.25) is 0 Å². The summed E-state index contributed by atoms with van der Waals surface area (Å²) in [5, 5.41) is 3.67. The molecule has 1 N–H and O–H groups in total. The number of rotatable bonds is 4. The van der Waals surface area contributed by atoms with Crippen LogP contribution in [0.4, 0.5) is 0 Å². The Morgan fingerprint density at radius 2 is 2.16 bits per heavy atom. The third kappa shape index (κ3) is 3.54. The van der Waals surface area contributed by atoms with Gasteiger partial charge in [-0.1, -0.05) is 6.07 Å². The molecule has 3 rings (SSSR count). The second-order valence-electron chi connectivity index (χ2n) is 5.99. The number of aromatic nitrogens is 1. The van der Waals surface area contributed by atoms with Crippen molar-refractivity contribution in [2.45, 2.75) is 38.1 Å². The van der Waals surface area contributed by atoms with Crippen LogP contribution in [0.5, 0.6) is 0 Å².